The Morgan fingerprint density at radius 2 is 2.10 bits per heavy atom. The highest BCUT2D eigenvalue weighted by Crippen LogP contribution is 2.27. The molecular weight excluding hydrogens is 336 g/mol. The summed E-state index contributed by atoms with van der Waals surface area (Å²) in [6.45, 7) is 0. The van der Waals surface area contributed by atoms with Gasteiger partial charge in [-0.1, -0.05) is 18.2 Å². The van der Waals surface area contributed by atoms with Crippen LogP contribution in [0, 0.1) is 21.4 Å². The Hall–Kier alpha value is -2.65. The van der Waals surface area contributed by atoms with E-state index in [4.69, 9.17) is 0 Å². The van der Waals surface area contributed by atoms with E-state index in [-0.39, 0.29) is 11.4 Å². The predicted molar refractivity (Wildman–Crippen MR) is 82.4 cm³/mol. The average Bonchev–Trinajstić information content (AvgIpc) is 2.48. The van der Waals surface area contributed by atoms with Crippen LogP contribution in [0.5, 0.6) is 5.75 Å². The van der Waals surface area contributed by atoms with Crippen LogP contribution >= 0.6 is 15.9 Å². The van der Waals surface area contributed by atoms with Crippen molar-refractivity contribution in [3.63, 3.8) is 0 Å². The molecule has 0 saturated heterocycles. The highest BCUT2D eigenvalue weighted by Gasteiger charge is 2.09. The topological polar surface area (TPSA) is 87.2 Å². The Kier molecular flexibility index (Phi) is 4.36. The summed E-state index contributed by atoms with van der Waals surface area (Å²) in [5.74, 6) is 0.0982. The van der Waals surface area contributed by atoms with Gasteiger partial charge >= 0.3 is 0 Å². The molecule has 0 aliphatic carbocycles. The molecule has 104 valence electrons. The molecule has 2 rings (SSSR count). The van der Waals surface area contributed by atoms with E-state index in [2.05, 4.69) is 15.9 Å². The van der Waals surface area contributed by atoms with Crippen molar-refractivity contribution in [3.8, 4) is 11.8 Å². The minimum absolute atomic E-state index is 0.0689. The molecular formula is C15H9BrN2O3. The third-order valence-electron chi connectivity index (χ3n) is 2.77. The molecule has 0 spiro atoms. The zero-order chi connectivity index (χ0) is 15.4. The molecule has 0 atom stereocenters. The van der Waals surface area contributed by atoms with Crippen molar-refractivity contribution < 1.29 is 10.0 Å². The predicted octanol–water partition coefficient (Wildman–Crippen LogP) is 4.13. The van der Waals surface area contributed by atoms with E-state index in [9.17, 15) is 20.5 Å². The molecule has 1 N–H and O–H groups in total. The van der Waals surface area contributed by atoms with Gasteiger partial charge in [0.25, 0.3) is 5.69 Å². The first-order valence-corrected chi connectivity index (χ1v) is 6.65. The molecule has 0 radical (unpaired) electrons. The highest BCUT2D eigenvalue weighted by atomic mass is 79.9. The van der Waals surface area contributed by atoms with E-state index in [1.807, 2.05) is 6.07 Å². The summed E-state index contributed by atoms with van der Waals surface area (Å²) >= 11 is 3.19. The Morgan fingerprint density at radius 3 is 2.71 bits per heavy atom. The van der Waals surface area contributed by atoms with Gasteiger partial charge in [-0.2, -0.15) is 5.26 Å². The molecule has 2 aromatic carbocycles. The lowest BCUT2D eigenvalue weighted by Gasteiger charge is -2.02. The lowest BCUT2D eigenvalue weighted by molar-refractivity contribution is -0.384. The number of nitro groups is 1. The van der Waals surface area contributed by atoms with Crippen molar-refractivity contribution in [2.75, 3.05) is 0 Å². The number of nitrogens with zero attached hydrogens (tertiary/aromatic N) is 2. The first-order chi connectivity index (χ1) is 10.0. The lowest BCUT2D eigenvalue weighted by Crippen LogP contribution is -1.89. The van der Waals surface area contributed by atoms with E-state index in [1.54, 1.807) is 24.3 Å². The number of phenols is 1. The summed E-state index contributed by atoms with van der Waals surface area (Å²) in [6, 6.07) is 12.7. The maximum Gasteiger partial charge on any atom is 0.270 e. The van der Waals surface area contributed by atoms with Crippen LogP contribution in [0.4, 0.5) is 5.69 Å². The van der Waals surface area contributed by atoms with Crippen LogP contribution < -0.4 is 0 Å². The molecule has 5 nitrogen and oxygen atoms in total. The third-order valence-corrected chi connectivity index (χ3v) is 3.41. The monoisotopic (exact) mass is 344 g/mol. The Morgan fingerprint density at radius 1 is 1.33 bits per heavy atom. The van der Waals surface area contributed by atoms with E-state index in [0.717, 1.165) is 0 Å². The number of rotatable bonds is 3. The Balaban J connectivity index is 2.46. The fraction of sp³-hybridized carbons (Fsp3) is 0. The SMILES string of the molecule is N#CC(=Cc1ccc(O)c(Br)c1)c1cccc([N+](=O)[O-])c1. The van der Waals surface area contributed by atoms with Crippen LogP contribution in [0.25, 0.3) is 11.6 Å². The molecule has 0 aliphatic rings. The number of halogens is 1. The van der Waals surface area contributed by atoms with Crippen LogP contribution in [0.2, 0.25) is 0 Å². The number of hydrogen-bond acceptors (Lipinski definition) is 4. The molecule has 0 unspecified atom stereocenters. The van der Waals surface area contributed by atoms with Crippen LogP contribution in [0.15, 0.2) is 46.9 Å². The summed E-state index contributed by atoms with van der Waals surface area (Å²) < 4.78 is 0.507. The smallest absolute Gasteiger partial charge is 0.270 e. The van der Waals surface area contributed by atoms with Crippen molar-refractivity contribution in [3.05, 3.63) is 68.2 Å². The van der Waals surface area contributed by atoms with Crippen LogP contribution in [0.1, 0.15) is 11.1 Å². The van der Waals surface area contributed by atoms with Gasteiger partial charge in [-0.25, -0.2) is 0 Å². The number of nitriles is 1. The summed E-state index contributed by atoms with van der Waals surface area (Å²) in [6.07, 6.45) is 1.60. The molecule has 0 fully saturated rings. The summed E-state index contributed by atoms with van der Waals surface area (Å²) in [5, 5.41) is 29.5. The minimum Gasteiger partial charge on any atom is -0.507 e. The van der Waals surface area contributed by atoms with Gasteiger partial charge in [-0.05, 0) is 45.3 Å². The molecule has 21 heavy (non-hydrogen) atoms. The van der Waals surface area contributed by atoms with Crippen LogP contribution in [0.3, 0.4) is 0 Å². The number of phenolic OH excluding ortho intramolecular Hbond substituents is 1. The second-order valence-corrected chi connectivity index (χ2v) is 5.04. The Bertz CT molecular complexity index is 779. The van der Waals surface area contributed by atoms with Gasteiger partial charge in [0.1, 0.15) is 5.75 Å². The lowest BCUT2D eigenvalue weighted by atomic mass is 10.0. The molecule has 2 aromatic rings. The number of benzene rings is 2. The normalized spacial score (nSPS) is 11.0. The fourth-order valence-corrected chi connectivity index (χ4v) is 2.14. The molecule has 0 bridgehead atoms. The number of nitro benzene ring substituents is 1. The molecule has 0 amide bonds. The van der Waals surface area contributed by atoms with Gasteiger partial charge in [-0.3, -0.25) is 10.1 Å². The van der Waals surface area contributed by atoms with Crippen molar-refractivity contribution >= 4 is 33.3 Å². The summed E-state index contributed by atoms with van der Waals surface area (Å²) in [7, 11) is 0. The summed E-state index contributed by atoms with van der Waals surface area (Å²) in [4.78, 5) is 10.3. The van der Waals surface area contributed by atoms with Gasteiger partial charge in [-0.15, -0.1) is 0 Å². The molecule has 0 aliphatic heterocycles. The molecule has 0 aromatic heterocycles. The first kappa shape index (κ1) is 14.8. The standard InChI is InChI=1S/C15H9BrN2O3/c16-14-7-10(4-5-15(14)19)6-12(9-17)11-2-1-3-13(8-11)18(20)21/h1-8,19H. The minimum atomic E-state index is -0.504. The first-order valence-electron chi connectivity index (χ1n) is 5.86. The third kappa shape index (κ3) is 3.46. The number of non-ortho nitro benzene ring substituents is 1. The van der Waals surface area contributed by atoms with Crippen molar-refractivity contribution in [2.45, 2.75) is 0 Å². The molecule has 0 saturated carbocycles. The average molecular weight is 345 g/mol. The zero-order valence-electron chi connectivity index (χ0n) is 10.7. The van der Waals surface area contributed by atoms with Gasteiger partial charge in [0, 0.05) is 12.1 Å². The molecule has 6 heteroatoms. The maximum atomic E-state index is 10.8. The Labute approximate surface area is 129 Å². The van der Waals surface area contributed by atoms with Crippen molar-refractivity contribution in [1.82, 2.24) is 0 Å². The van der Waals surface area contributed by atoms with E-state index >= 15 is 0 Å². The maximum absolute atomic E-state index is 10.8. The van der Waals surface area contributed by atoms with E-state index in [0.29, 0.717) is 21.2 Å². The van der Waals surface area contributed by atoms with Gasteiger partial charge in [0.05, 0.1) is 21.0 Å². The van der Waals surface area contributed by atoms with Crippen molar-refractivity contribution in [1.29, 1.82) is 5.26 Å². The zero-order valence-corrected chi connectivity index (χ0v) is 12.2. The second-order valence-electron chi connectivity index (χ2n) is 4.19. The van der Waals surface area contributed by atoms with Crippen molar-refractivity contribution in [2.24, 2.45) is 0 Å². The second kappa shape index (κ2) is 6.20. The summed E-state index contributed by atoms with van der Waals surface area (Å²) in [5.41, 5.74) is 1.40. The highest BCUT2D eigenvalue weighted by molar-refractivity contribution is 9.10. The quantitative estimate of drug-likeness (QED) is 0.392. The van der Waals surface area contributed by atoms with Gasteiger partial charge < -0.3 is 5.11 Å². The number of aromatic hydroxyl groups is 1. The van der Waals surface area contributed by atoms with E-state index in [1.165, 1.54) is 24.3 Å². The number of allylic oxidation sites excluding steroid dienone is 1. The van der Waals surface area contributed by atoms with Crippen LogP contribution in [-0.4, -0.2) is 10.0 Å². The van der Waals surface area contributed by atoms with Gasteiger partial charge in [0.15, 0.2) is 0 Å². The fourth-order valence-electron chi connectivity index (χ4n) is 1.75. The molecule has 0 heterocycles. The largest absolute Gasteiger partial charge is 0.507 e. The van der Waals surface area contributed by atoms with E-state index < -0.39 is 4.92 Å². The van der Waals surface area contributed by atoms with Gasteiger partial charge in [0.2, 0.25) is 0 Å². The number of hydrogen-bond donors (Lipinski definition) is 1. The van der Waals surface area contributed by atoms with Crippen LogP contribution in [-0.2, 0) is 0 Å².